The third-order valence-corrected chi connectivity index (χ3v) is 2.72. The molecule has 0 radical (unpaired) electrons. The Morgan fingerprint density at radius 2 is 2.00 bits per heavy atom. The van der Waals surface area contributed by atoms with Gasteiger partial charge in [-0.05, 0) is 19.4 Å². The lowest BCUT2D eigenvalue weighted by Gasteiger charge is -1.97. The van der Waals surface area contributed by atoms with Gasteiger partial charge >= 0.3 is 0 Å². The van der Waals surface area contributed by atoms with Crippen LogP contribution in [0.4, 0.5) is 0 Å². The molecule has 0 bridgehead atoms. The van der Waals surface area contributed by atoms with Crippen molar-refractivity contribution in [3.05, 3.63) is 0 Å². The fraction of sp³-hybridized carbons (Fsp3) is 0.857. The van der Waals surface area contributed by atoms with Crippen LogP contribution in [0, 0.1) is 11.3 Å². The quantitative estimate of drug-likeness (QED) is 0.592. The summed E-state index contributed by atoms with van der Waals surface area (Å²) < 4.78 is 11.0. The SMILES string of the molecule is N#CCCCS(=O)CCCN. The molecular weight excluding hydrogens is 160 g/mol. The Morgan fingerprint density at radius 3 is 2.55 bits per heavy atom. The highest BCUT2D eigenvalue weighted by molar-refractivity contribution is 7.84. The standard InChI is InChI=1S/C7H14N2OS/c8-4-1-2-6-11(10)7-3-5-9/h1-3,5-7,9H2. The minimum absolute atomic E-state index is 0.508. The molecule has 2 N–H and O–H groups in total. The van der Waals surface area contributed by atoms with E-state index in [0.29, 0.717) is 24.5 Å². The summed E-state index contributed by atoms with van der Waals surface area (Å²) in [4.78, 5) is 0. The molecule has 0 aliphatic carbocycles. The van der Waals surface area contributed by atoms with Gasteiger partial charge < -0.3 is 5.73 Å². The second-order valence-electron chi connectivity index (χ2n) is 2.25. The van der Waals surface area contributed by atoms with E-state index in [-0.39, 0.29) is 0 Å². The molecule has 0 aromatic rings. The topological polar surface area (TPSA) is 66.9 Å². The molecule has 0 saturated carbocycles. The van der Waals surface area contributed by atoms with Crippen molar-refractivity contribution in [3.63, 3.8) is 0 Å². The summed E-state index contributed by atoms with van der Waals surface area (Å²) in [6, 6.07) is 2.02. The van der Waals surface area contributed by atoms with Crippen molar-refractivity contribution in [3.8, 4) is 6.07 Å². The van der Waals surface area contributed by atoms with Crippen LogP contribution in [0.5, 0.6) is 0 Å². The second-order valence-corrected chi connectivity index (χ2v) is 3.95. The number of hydrogen-bond donors (Lipinski definition) is 1. The van der Waals surface area contributed by atoms with Gasteiger partial charge in [-0.15, -0.1) is 0 Å². The molecule has 0 aromatic carbocycles. The van der Waals surface area contributed by atoms with Crippen molar-refractivity contribution in [2.75, 3.05) is 18.1 Å². The average molecular weight is 174 g/mol. The Morgan fingerprint density at radius 1 is 1.36 bits per heavy atom. The van der Waals surface area contributed by atoms with E-state index in [1.54, 1.807) is 0 Å². The van der Waals surface area contributed by atoms with Crippen molar-refractivity contribution in [2.24, 2.45) is 5.73 Å². The molecule has 0 fully saturated rings. The Bertz CT molecular complexity index is 153. The average Bonchev–Trinajstić information content (AvgIpc) is 2.01. The number of rotatable bonds is 6. The Balaban J connectivity index is 3.17. The van der Waals surface area contributed by atoms with Crippen LogP contribution in [0.1, 0.15) is 19.3 Å². The summed E-state index contributed by atoms with van der Waals surface area (Å²) in [5.74, 6) is 1.33. The first-order valence-electron chi connectivity index (χ1n) is 3.73. The molecule has 1 unspecified atom stereocenters. The molecule has 0 aliphatic rings. The maximum atomic E-state index is 11.0. The number of nitrogens with zero attached hydrogens (tertiary/aromatic N) is 1. The minimum Gasteiger partial charge on any atom is -0.330 e. The summed E-state index contributed by atoms with van der Waals surface area (Å²) in [5.41, 5.74) is 5.24. The predicted molar refractivity (Wildman–Crippen MR) is 46.4 cm³/mol. The summed E-state index contributed by atoms with van der Waals surface area (Å²) in [5, 5.41) is 8.19. The zero-order valence-corrected chi connectivity index (χ0v) is 7.40. The van der Waals surface area contributed by atoms with E-state index in [1.165, 1.54) is 0 Å². The molecule has 64 valence electrons. The summed E-state index contributed by atoms with van der Waals surface area (Å²) in [6.07, 6.45) is 2.07. The predicted octanol–water partition coefficient (Wildman–Crippen LogP) is 0.388. The van der Waals surface area contributed by atoms with Crippen LogP contribution < -0.4 is 5.73 Å². The lowest BCUT2D eigenvalue weighted by molar-refractivity contribution is 0.678. The number of nitriles is 1. The Labute approximate surface area is 70.0 Å². The van der Waals surface area contributed by atoms with E-state index in [4.69, 9.17) is 11.0 Å². The van der Waals surface area contributed by atoms with Gasteiger partial charge in [0.1, 0.15) is 0 Å². The largest absolute Gasteiger partial charge is 0.330 e. The molecule has 3 nitrogen and oxygen atoms in total. The molecular formula is C7H14N2OS. The fourth-order valence-corrected chi connectivity index (χ4v) is 1.82. The van der Waals surface area contributed by atoms with Gasteiger partial charge in [0.25, 0.3) is 0 Å². The zero-order valence-electron chi connectivity index (χ0n) is 6.58. The third-order valence-electron chi connectivity index (χ3n) is 1.24. The van der Waals surface area contributed by atoms with Gasteiger partial charge in [-0.3, -0.25) is 4.21 Å². The molecule has 0 aliphatic heterocycles. The first-order valence-corrected chi connectivity index (χ1v) is 5.22. The number of nitrogens with two attached hydrogens (primary N) is 1. The van der Waals surface area contributed by atoms with Crippen LogP contribution in [0.25, 0.3) is 0 Å². The van der Waals surface area contributed by atoms with Crippen molar-refractivity contribution >= 4 is 10.8 Å². The highest BCUT2D eigenvalue weighted by Crippen LogP contribution is 1.93. The van der Waals surface area contributed by atoms with Gasteiger partial charge in [0, 0.05) is 28.7 Å². The van der Waals surface area contributed by atoms with Gasteiger partial charge in [0.15, 0.2) is 0 Å². The molecule has 0 amide bonds. The number of hydrogen-bond acceptors (Lipinski definition) is 3. The maximum absolute atomic E-state index is 11.0. The Kier molecular flexibility index (Phi) is 7.42. The van der Waals surface area contributed by atoms with Gasteiger partial charge in [0.05, 0.1) is 6.07 Å². The van der Waals surface area contributed by atoms with Crippen molar-refractivity contribution in [1.82, 2.24) is 0 Å². The maximum Gasteiger partial charge on any atom is 0.0622 e. The fourth-order valence-electron chi connectivity index (χ4n) is 0.659. The highest BCUT2D eigenvalue weighted by Gasteiger charge is 1.97. The summed E-state index contributed by atoms with van der Waals surface area (Å²) in [7, 11) is -0.753. The zero-order chi connectivity index (χ0) is 8.53. The number of unbranched alkanes of at least 4 members (excludes halogenated alkanes) is 1. The molecule has 0 saturated heterocycles. The lowest BCUT2D eigenvalue weighted by atomic mass is 10.4. The first kappa shape index (κ1) is 10.6. The van der Waals surface area contributed by atoms with E-state index >= 15 is 0 Å². The van der Waals surface area contributed by atoms with Crippen LogP contribution in [0.3, 0.4) is 0 Å². The van der Waals surface area contributed by atoms with Crippen LogP contribution in [0.15, 0.2) is 0 Å². The highest BCUT2D eigenvalue weighted by atomic mass is 32.2. The molecule has 0 heterocycles. The Hall–Kier alpha value is -0.400. The summed E-state index contributed by atoms with van der Waals surface area (Å²) in [6.45, 7) is 0.601. The second kappa shape index (κ2) is 7.70. The molecule has 0 rings (SSSR count). The van der Waals surface area contributed by atoms with Gasteiger partial charge in [-0.25, -0.2) is 0 Å². The summed E-state index contributed by atoms with van der Waals surface area (Å²) >= 11 is 0. The van der Waals surface area contributed by atoms with E-state index in [2.05, 4.69) is 0 Å². The van der Waals surface area contributed by atoms with Gasteiger partial charge in [-0.1, -0.05) is 0 Å². The molecule has 0 spiro atoms. The first-order chi connectivity index (χ1) is 5.31. The molecule has 4 heteroatoms. The van der Waals surface area contributed by atoms with Crippen LogP contribution in [0.2, 0.25) is 0 Å². The van der Waals surface area contributed by atoms with Crippen molar-refractivity contribution in [1.29, 1.82) is 5.26 Å². The van der Waals surface area contributed by atoms with E-state index < -0.39 is 10.8 Å². The van der Waals surface area contributed by atoms with Crippen LogP contribution in [-0.4, -0.2) is 22.3 Å². The smallest absolute Gasteiger partial charge is 0.0622 e. The van der Waals surface area contributed by atoms with Crippen molar-refractivity contribution < 1.29 is 4.21 Å². The van der Waals surface area contributed by atoms with E-state index in [9.17, 15) is 4.21 Å². The van der Waals surface area contributed by atoms with E-state index in [1.807, 2.05) is 6.07 Å². The van der Waals surface area contributed by atoms with Gasteiger partial charge in [0.2, 0.25) is 0 Å². The normalized spacial score (nSPS) is 12.4. The van der Waals surface area contributed by atoms with E-state index in [0.717, 1.165) is 12.8 Å². The van der Waals surface area contributed by atoms with Crippen LogP contribution >= 0.6 is 0 Å². The molecule has 0 aromatic heterocycles. The monoisotopic (exact) mass is 174 g/mol. The molecule has 11 heavy (non-hydrogen) atoms. The lowest BCUT2D eigenvalue weighted by Crippen LogP contribution is -2.08. The molecule has 1 atom stereocenters. The van der Waals surface area contributed by atoms with Gasteiger partial charge in [-0.2, -0.15) is 5.26 Å². The third kappa shape index (κ3) is 7.50. The van der Waals surface area contributed by atoms with Crippen LogP contribution in [-0.2, 0) is 10.8 Å². The van der Waals surface area contributed by atoms with Crippen molar-refractivity contribution in [2.45, 2.75) is 19.3 Å². The minimum atomic E-state index is -0.753.